The summed E-state index contributed by atoms with van der Waals surface area (Å²) in [5, 5.41) is 21.1. The van der Waals surface area contributed by atoms with E-state index in [0.717, 1.165) is 44.8 Å². The Kier molecular flexibility index (Phi) is 9.82. The molecule has 45 heavy (non-hydrogen) atoms. The molecular weight excluding hydrogens is 606 g/mol. The number of aromatic hydroxyl groups is 2. The maximum absolute atomic E-state index is 10.6. The van der Waals surface area contributed by atoms with E-state index < -0.39 is 0 Å². The molecule has 0 atom stereocenters. The van der Waals surface area contributed by atoms with E-state index in [1.165, 1.54) is 0 Å². The van der Waals surface area contributed by atoms with E-state index in [0.29, 0.717) is 22.6 Å². The van der Waals surface area contributed by atoms with Crippen LogP contribution in [0.4, 0.5) is 11.4 Å². The normalized spacial score (nSPS) is 11.6. The summed E-state index contributed by atoms with van der Waals surface area (Å²) in [4.78, 5) is 10.2. The van der Waals surface area contributed by atoms with Gasteiger partial charge in [0.05, 0.1) is 11.4 Å². The first-order valence-electron chi connectivity index (χ1n) is 14.5. The van der Waals surface area contributed by atoms with E-state index in [4.69, 9.17) is 9.98 Å². The second kappa shape index (κ2) is 14.1. The number of phenols is 2. The number of nitrogens with zero attached hydrogens (tertiary/aromatic N) is 2. The minimum Gasteiger partial charge on any atom is -0.507 e. The van der Waals surface area contributed by atoms with Crippen LogP contribution in [0.25, 0.3) is 33.4 Å². The molecule has 6 aromatic carbocycles. The minimum absolute atomic E-state index is 0. The summed E-state index contributed by atoms with van der Waals surface area (Å²) in [6.07, 6.45) is 0. The van der Waals surface area contributed by atoms with Crippen molar-refractivity contribution in [2.75, 3.05) is 0 Å². The molecular formula is C40H32N2O2Zn. The van der Waals surface area contributed by atoms with Crippen molar-refractivity contribution in [1.29, 1.82) is 0 Å². The van der Waals surface area contributed by atoms with Crippen molar-refractivity contribution >= 4 is 22.8 Å². The van der Waals surface area contributed by atoms with Gasteiger partial charge in [0.1, 0.15) is 11.5 Å². The molecule has 0 aliphatic heterocycles. The topological polar surface area (TPSA) is 65.2 Å². The van der Waals surface area contributed by atoms with Crippen LogP contribution in [0, 0.1) is 0 Å². The van der Waals surface area contributed by atoms with Crippen molar-refractivity contribution in [3.05, 3.63) is 157 Å². The fourth-order valence-electron chi connectivity index (χ4n) is 5.37. The Morgan fingerprint density at radius 1 is 0.422 bits per heavy atom. The van der Waals surface area contributed by atoms with Crippen LogP contribution in [-0.2, 0) is 19.5 Å². The Hall–Kier alpha value is -5.12. The van der Waals surface area contributed by atoms with Gasteiger partial charge in [-0.05, 0) is 72.5 Å². The van der Waals surface area contributed by atoms with E-state index >= 15 is 0 Å². The number of hydrogen-bond donors (Lipinski definition) is 2. The van der Waals surface area contributed by atoms with Crippen LogP contribution in [0.3, 0.4) is 0 Å². The van der Waals surface area contributed by atoms with Gasteiger partial charge in [-0.2, -0.15) is 0 Å². The summed E-state index contributed by atoms with van der Waals surface area (Å²) < 4.78 is 0. The Bertz CT molecular complexity index is 1850. The van der Waals surface area contributed by atoms with Gasteiger partial charge in [0.15, 0.2) is 0 Å². The van der Waals surface area contributed by atoms with Gasteiger partial charge in [-0.1, -0.05) is 109 Å². The molecule has 0 amide bonds. The van der Waals surface area contributed by atoms with Crippen LogP contribution in [0.5, 0.6) is 11.5 Å². The van der Waals surface area contributed by atoms with E-state index in [9.17, 15) is 10.2 Å². The average molecular weight is 638 g/mol. The third kappa shape index (κ3) is 7.01. The number of hydrogen-bond acceptors (Lipinski definition) is 4. The molecule has 0 spiro atoms. The maximum atomic E-state index is 10.6. The van der Waals surface area contributed by atoms with Crippen molar-refractivity contribution < 1.29 is 29.7 Å². The fraction of sp³-hybridized carbons (Fsp3) is 0.0500. The molecule has 0 bridgehead atoms. The Labute approximate surface area is 276 Å². The molecule has 216 valence electrons. The maximum Gasteiger partial charge on any atom is 0.124 e. The first-order valence-corrected chi connectivity index (χ1v) is 14.5. The molecule has 4 nitrogen and oxygen atoms in total. The Morgan fingerprint density at radius 3 is 1.16 bits per heavy atom. The van der Waals surface area contributed by atoms with E-state index in [1.54, 1.807) is 24.3 Å². The van der Waals surface area contributed by atoms with Crippen LogP contribution in [0.15, 0.2) is 156 Å². The molecule has 0 aromatic heterocycles. The quantitative estimate of drug-likeness (QED) is 0.135. The molecule has 0 aliphatic carbocycles. The fourth-order valence-corrected chi connectivity index (χ4v) is 5.37. The molecule has 0 saturated heterocycles. The summed E-state index contributed by atoms with van der Waals surface area (Å²) in [7, 11) is 0. The van der Waals surface area contributed by atoms with Gasteiger partial charge in [0.2, 0.25) is 0 Å². The molecule has 0 radical (unpaired) electrons. The van der Waals surface area contributed by atoms with Gasteiger partial charge in [-0.25, -0.2) is 0 Å². The largest absolute Gasteiger partial charge is 0.507 e. The van der Waals surface area contributed by atoms with Crippen molar-refractivity contribution in [2.45, 2.75) is 13.8 Å². The second-order valence-corrected chi connectivity index (χ2v) is 10.6. The average Bonchev–Trinajstić information content (AvgIpc) is 3.06. The standard InChI is InChI=1S/C40H32N2O2.Zn/c1-27(33-17-9-11-19-39(33)43)41-37-25-31(29-13-5-3-6-14-29)21-23-35(37)36-24-22-32(30-15-7-4-8-16-30)26-38(36)42-28(2)34-18-10-12-20-40(34)44;/h3-26,43-44H,1-2H3;. The van der Waals surface area contributed by atoms with Crippen LogP contribution in [-0.4, -0.2) is 21.6 Å². The van der Waals surface area contributed by atoms with Crippen LogP contribution >= 0.6 is 0 Å². The molecule has 5 heteroatoms. The molecule has 0 saturated carbocycles. The SMILES string of the molecule is CC(=Nc1cc(-c2ccccc2)ccc1-c1ccc(-c2ccccc2)cc1N=C(C)c1ccccc1O)c1ccccc1O.[Zn]. The summed E-state index contributed by atoms with van der Waals surface area (Å²) in [5.41, 5.74) is 10.3. The van der Waals surface area contributed by atoms with Crippen LogP contribution < -0.4 is 0 Å². The minimum atomic E-state index is 0. The first kappa shape index (κ1) is 31.3. The summed E-state index contributed by atoms with van der Waals surface area (Å²) in [6.45, 7) is 3.82. The molecule has 2 N–H and O–H groups in total. The predicted octanol–water partition coefficient (Wildman–Crippen LogP) is 10.4. The van der Waals surface area contributed by atoms with Crippen LogP contribution in [0.2, 0.25) is 0 Å². The summed E-state index contributed by atoms with van der Waals surface area (Å²) in [5.74, 6) is 0.371. The molecule has 0 aliphatic rings. The van der Waals surface area contributed by atoms with Gasteiger partial charge in [-0.3, -0.25) is 9.98 Å². The van der Waals surface area contributed by atoms with Gasteiger partial charge >= 0.3 is 0 Å². The molecule has 0 unspecified atom stereocenters. The zero-order valence-electron chi connectivity index (χ0n) is 25.4. The van der Waals surface area contributed by atoms with Gasteiger partial charge in [0.25, 0.3) is 0 Å². The van der Waals surface area contributed by atoms with Crippen molar-refractivity contribution in [1.82, 2.24) is 0 Å². The number of aliphatic imine (C=N–C) groups is 2. The van der Waals surface area contributed by atoms with Crippen LogP contribution in [0.1, 0.15) is 25.0 Å². The molecule has 6 rings (SSSR count). The molecule has 0 heterocycles. The Morgan fingerprint density at radius 2 is 0.778 bits per heavy atom. The summed E-state index contributed by atoms with van der Waals surface area (Å²) >= 11 is 0. The van der Waals surface area contributed by atoms with Crippen molar-refractivity contribution in [3.63, 3.8) is 0 Å². The van der Waals surface area contributed by atoms with Gasteiger partial charge in [0, 0.05) is 53.2 Å². The van der Waals surface area contributed by atoms with Crippen molar-refractivity contribution in [2.24, 2.45) is 9.98 Å². The van der Waals surface area contributed by atoms with E-state index in [1.807, 2.05) is 74.5 Å². The van der Waals surface area contributed by atoms with E-state index in [-0.39, 0.29) is 31.0 Å². The smallest absolute Gasteiger partial charge is 0.124 e. The number of phenolic OH excluding ortho intramolecular Hbond substituents is 2. The summed E-state index contributed by atoms with van der Waals surface area (Å²) in [6, 6.07) is 47.5. The van der Waals surface area contributed by atoms with Gasteiger partial charge < -0.3 is 10.2 Å². The predicted molar refractivity (Wildman–Crippen MR) is 183 cm³/mol. The zero-order chi connectivity index (χ0) is 30.5. The third-order valence-corrected chi connectivity index (χ3v) is 7.66. The zero-order valence-corrected chi connectivity index (χ0v) is 28.3. The number of rotatable bonds is 7. The van der Waals surface area contributed by atoms with E-state index in [2.05, 4.69) is 60.7 Å². The Balaban J connectivity index is 0.00000400. The molecule has 0 fully saturated rings. The first-order chi connectivity index (χ1) is 21.5. The number of benzene rings is 6. The molecule has 6 aromatic rings. The number of para-hydroxylation sites is 2. The third-order valence-electron chi connectivity index (χ3n) is 7.66. The second-order valence-electron chi connectivity index (χ2n) is 10.6. The monoisotopic (exact) mass is 636 g/mol. The van der Waals surface area contributed by atoms with Crippen molar-refractivity contribution in [3.8, 4) is 44.9 Å². The van der Waals surface area contributed by atoms with Gasteiger partial charge in [-0.15, -0.1) is 0 Å².